The van der Waals surface area contributed by atoms with Crippen molar-refractivity contribution < 1.29 is 13.9 Å². The number of nitrogens with two attached hydrogens (primary N) is 1. The van der Waals surface area contributed by atoms with E-state index >= 15 is 0 Å². The van der Waals surface area contributed by atoms with Gasteiger partial charge in [0.05, 0.1) is 22.8 Å². The lowest BCUT2D eigenvalue weighted by atomic mass is 10.1. The number of fused-ring (bicyclic) bond motifs is 1. The monoisotopic (exact) mass is 480 g/mol. The van der Waals surface area contributed by atoms with Crippen LogP contribution in [-0.4, -0.2) is 39.6 Å². The zero-order valence-electron chi connectivity index (χ0n) is 15.2. The molecule has 1 amide bonds. The van der Waals surface area contributed by atoms with Gasteiger partial charge in [-0.3, -0.25) is 9.59 Å². The lowest BCUT2D eigenvalue weighted by Crippen LogP contribution is -2.29. The van der Waals surface area contributed by atoms with Gasteiger partial charge in [-0.2, -0.15) is 9.61 Å². The molecule has 29 heavy (non-hydrogen) atoms. The molecule has 2 heterocycles. The predicted molar refractivity (Wildman–Crippen MR) is 113 cm³/mol. The van der Waals surface area contributed by atoms with Crippen molar-refractivity contribution >= 4 is 56.8 Å². The summed E-state index contributed by atoms with van der Waals surface area (Å²) in [5, 5.41) is 10.3. The van der Waals surface area contributed by atoms with Crippen LogP contribution in [0.5, 0.6) is 0 Å². The fourth-order valence-corrected chi connectivity index (χ4v) is 3.09. The van der Waals surface area contributed by atoms with E-state index in [0.717, 1.165) is 10.0 Å². The third kappa shape index (κ3) is 5.15. The Labute approximate surface area is 179 Å². The first-order chi connectivity index (χ1) is 14.0. The molecule has 0 bridgehead atoms. The predicted octanol–water partition coefficient (Wildman–Crippen LogP) is 2.75. The molecule has 0 radical (unpaired) electrons. The van der Waals surface area contributed by atoms with Crippen molar-refractivity contribution in [3.63, 3.8) is 0 Å². The Hall–Kier alpha value is -2.85. The Balaban J connectivity index is 1.70. The van der Waals surface area contributed by atoms with Gasteiger partial charge in [0.1, 0.15) is 17.7 Å². The Morgan fingerprint density at radius 1 is 1.24 bits per heavy atom. The molecule has 1 aromatic carbocycles. The van der Waals surface area contributed by atoms with E-state index in [0.29, 0.717) is 35.9 Å². The molecular weight excluding hydrogens is 464 g/mol. The molecule has 9 nitrogen and oxygen atoms in total. The van der Waals surface area contributed by atoms with Crippen LogP contribution in [0, 0.1) is 0 Å². The summed E-state index contributed by atoms with van der Waals surface area (Å²) < 4.78 is 6.40. The average molecular weight is 482 g/mol. The maximum atomic E-state index is 11.7. The summed E-state index contributed by atoms with van der Waals surface area (Å²) in [4.78, 5) is 27.3. The van der Waals surface area contributed by atoms with Gasteiger partial charge in [0.2, 0.25) is 5.91 Å². The van der Waals surface area contributed by atoms with Gasteiger partial charge in [-0.05, 0) is 22.0 Å². The van der Waals surface area contributed by atoms with Crippen LogP contribution in [0.15, 0.2) is 41.0 Å². The highest BCUT2D eigenvalue weighted by atomic mass is 79.9. The average Bonchev–Trinajstić information content (AvgIpc) is 3.10. The van der Waals surface area contributed by atoms with Gasteiger partial charge in [0.25, 0.3) is 0 Å². The third-order valence-corrected chi connectivity index (χ3v) is 4.79. The second-order valence-electron chi connectivity index (χ2n) is 6.07. The number of aromatic nitrogens is 3. The number of anilines is 2. The number of rotatable bonds is 8. The van der Waals surface area contributed by atoms with Gasteiger partial charge >= 0.3 is 5.97 Å². The van der Waals surface area contributed by atoms with Crippen molar-refractivity contribution in [3.05, 3.63) is 41.0 Å². The van der Waals surface area contributed by atoms with Crippen LogP contribution in [-0.2, 0) is 13.9 Å². The molecule has 0 aliphatic heterocycles. The van der Waals surface area contributed by atoms with E-state index in [1.165, 1.54) is 0 Å². The Morgan fingerprint density at radius 2 is 2.03 bits per heavy atom. The largest absolute Gasteiger partial charge is 0.398 e. The molecule has 11 heteroatoms. The van der Waals surface area contributed by atoms with E-state index in [1.54, 1.807) is 10.7 Å². The lowest BCUT2D eigenvalue weighted by molar-refractivity contribution is -0.136. The van der Waals surface area contributed by atoms with Gasteiger partial charge in [-0.1, -0.05) is 18.2 Å². The zero-order valence-corrected chi connectivity index (χ0v) is 17.5. The molecule has 3 rings (SSSR count). The Bertz CT molecular complexity index is 1040. The highest BCUT2D eigenvalue weighted by molar-refractivity contribution is 9.10. The number of carbonyl (C=O) groups excluding carboxylic acids is 2. The minimum absolute atomic E-state index is 0.00852. The summed E-state index contributed by atoms with van der Waals surface area (Å²) in [6.45, 7) is 0.788. The van der Waals surface area contributed by atoms with Gasteiger partial charge < -0.3 is 20.7 Å². The lowest BCUT2D eigenvalue weighted by Gasteiger charge is -2.12. The summed E-state index contributed by atoms with van der Waals surface area (Å²) in [5.74, 6) is -0.219. The number of amides is 1. The fraction of sp³-hybridized carbons (Fsp3) is 0.222. The first kappa shape index (κ1) is 20.9. The number of nitrogens with zero attached hydrogens (tertiary/aromatic N) is 3. The molecule has 0 spiro atoms. The second-order valence-corrected chi connectivity index (χ2v) is 7.08. The fourth-order valence-electron chi connectivity index (χ4n) is 2.67. The van der Waals surface area contributed by atoms with Crippen LogP contribution in [0.1, 0.15) is 12.8 Å². The minimum atomic E-state index is -0.643. The zero-order chi connectivity index (χ0) is 20.8. The van der Waals surface area contributed by atoms with Crippen molar-refractivity contribution in [1.82, 2.24) is 19.9 Å². The number of nitrogens with one attached hydrogen (secondary N) is 2. The maximum absolute atomic E-state index is 11.7. The number of halogens is 2. The normalized spacial score (nSPS) is 10.7. The van der Waals surface area contributed by atoms with Crippen LogP contribution in [0.4, 0.5) is 11.5 Å². The maximum Gasteiger partial charge on any atom is 0.325 e. The van der Waals surface area contributed by atoms with E-state index in [-0.39, 0.29) is 18.7 Å². The third-order valence-electron chi connectivity index (χ3n) is 4.06. The summed E-state index contributed by atoms with van der Waals surface area (Å²) in [5.41, 5.74) is 8.85. The summed E-state index contributed by atoms with van der Waals surface area (Å²) >= 11 is 8.38. The molecule has 0 saturated carbocycles. The number of hydrogen-bond donors (Lipinski definition) is 3. The summed E-state index contributed by atoms with van der Waals surface area (Å²) in [6, 6.07) is 9.31. The number of carbonyl (C=O) groups is 2. The minimum Gasteiger partial charge on any atom is -0.398 e. The molecule has 4 N–H and O–H groups in total. The number of nitrogen functional groups attached to an aromatic ring is 1. The van der Waals surface area contributed by atoms with E-state index in [9.17, 15) is 9.59 Å². The Morgan fingerprint density at radius 3 is 2.79 bits per heavy atom. The highest BCUT2D eigenvalue weighted by Gasteiger charge is 2.13. The van der Waals surface area contributed by atoms with Gasteiger partial charge in [-0.15, -0.1) is 0 Å². The van der Waals surface area contributed by atoms with Gasteiger partial charge in [0.15, 0.2) is 5.65 Å². The molecule has 0 aliphatic carbocycles. The molecule has 0 unspecified atom stereocenters. The Kier molecular flexibility index (Phi) is 6.89. The molecule has 0 aliphatic rings. The van der Waals surface area contributed by atoms with Gasteiger partial charge in [-0.25, -0.2) is 4.98 Å². The highest BCUT2D eigenvalue weighted by Crippen LogP contribution is 2.28. The van der Waals surface area contributed by atoms with E-state index in [4.69, 9.17) is 17.6 Å². The molecule has 0 saturated heterocycles. The molecule has 3 aromatic rings. The van der Waals surface area contributed by atoms with Crippen LogP contribution < -0.4 is 16.4 Å². The quantitative estimate of drug-likeness (QED) is 0.334. The van der Waals surface area contributed by atoms with Crippen molar-refractivity contribution in [2.75, 3.05) is 24.1 Å². The molecule has 0 atom stereocenters. The first-order valence-electron chi connectivity index (χ1n) is 8.70. The SMILES string of the molecule is Nc1ccccc1-c1cc(NCCNC(=O)CCC(=O)OCl)n2ncc(Br)c2n1. The van der Waals surface area contributed by atoms with Crippen LogP contribution >= 0.6 is 27.8 Å². The van der Waals surface area contributed by atoms with E-state index in [1.807, 2.05) is 30.3 Å². The van der Waals surface area contributed by atoms with Crippen LogP contribution in [0.25, 0.3) is 16.9 Å². The smallest absolute Gasteiger partial charge is 0.325 e. The number of para-hydroxylation sites is 1. The molecular formula is C18H18BrClN6O3. The van der Waals surface area contributed by atoms with E-state index in [2.05, 4.69) is 40.9 Å². The topological polar surface area (TPSA) is 124 Å². The number of hydrogen-bond acceptors (Lipinski definition) is 7. The molecule has 2 aromatic heterocycles. The van der Waals surface area contributed by atoms with Crippen molar-refractivity contribution in [1.29, 1.82) is 0 Å². The molecule has 0 fully saturated rings. The van der Waals surface area contributed by atoms with E-state index < -0.39 is 5.97 Å². The molecule has 152 valence electrons. The van der Waals surface area contributed by atoms with Crippen LogP contribution in [0.3, 0.4) is 0 Å². The van der Waals surface area contributed by atoms with Crippen molar-refractivity contribution in [2.24, 2.45) is 0 Å². The van der Waals surface area contributed by atoms with Crippen molar-refractivity contribution in [2.45, 2.75) is 12.8 Å². The number of benzene rings is 1. The second kappa shape index (κ2) is 9.57. The first-order valence-corrected chi connectivity index (χ1v) is 9.81. The standard InChI is InChI=1S/C18H18BrClN6O3/c19-12-10-24-26-15(22-7-8-23-16(27)5-6-17(28)29-20)9-14(25-18(12)26)11-3-1-2-4-13(11)21/h1-4,9-10,22H,5-8,21H2,(H,23,27). The van der Waals surface area contributed by atoms with Crippen molar-refractivity contribution in [3.8, 4) is 11.3 Å². The van der Waals surface area contributed by atoms with Gasteiger partial charge in [0, 0.05) is 36.8 Å². The van der Waals surface area contributed by atoms with Crippen LogP contribution in [0.2, 0.25) is 0 Å². The summed E-state index contributed by atoms with van der Waals surface area (Å²) in [7, 11) is 0. The summed E-state index contributed by atoms with van der Waals surface area (Å²) in [6.07, 6.45) is 1.59.